The summed E-state index contributed by atoms with van der Waals surface area (Å²) in [5.74, 6) is 0.721. The van der Waals surface area contributed by atoms with E-state index in [4.69, 9.17) is 27.9 Å². The zero-order valence-corrected chi connectivity index (χ0v) is 15.2. The molecule has 0 saturated heterocycles. The second-order valence-electron chi connectivity index (χ2n) is 5.04. The molecular formula is C16H14Cl2N4O2S. The third-order valence-corrected chi connectivity index (χ3v) is 4.84. The standard InChI is InChI=1S/C16H14Cl2N4O2S/c17-13-7-4-8-14(18)15(13)24-9-12(23)10-25-16-19-20-21-22(16)11-5-2-1-3-6-11/h1-8,12,23H,9-10H2/t12-/m0/s1. The molecule has 0 radical (unpaired) electrons. The van der Waals surface area contributed by atoms with Gasteiger partial charge >= 0.3 is 0 Å². The van der Waals surface area contributed by atoms with Crippen LogP contribution in [0, 0.1) is 0 Å². The SMILES string of the molecule is O[C@@H](COc1c(Cl)cccc1Cl)CSc1nnnn1-c1ccccc1. The van der Waals surface area contributed by atoms with Gasteiger partial charge < -0.3 is 9.84 Å². The number of para-hydroxylation sites is 2. The summed E-state index contributed by atoms with van der Waals surface area (Å²) in [5.41, 5.74) is 0.851. The molecule has 1 aromatic heterocycles. The molecule has 2 aromatic carbocycles. The van der Waals surface area contributed by atoms with Crippen LogP contribution < -0.4 is 4.74 Å². The summed E-state index contributed by atoms with van der Waals surface area (Å²) in [7, 11) is 0. The molecule has 9 heteroatoms. The van der Waals surface area contributed by atoms with Gasteiger partial charge in [-0.3, -0.25) is 0 Å². The Morgan fingerprint density at radius 3 is 2.52 bits per heavy atom. The van der Waals surface area contributed by atoms with E-state index in [1.54, 1.807) is 22.9 Å². The van der Waals surface area contributed by atoms with Gasteiger partial charge in [-0.2, -0.15) is 4.68 Å². The quantitative estimate of drug-likeness (QED) is 0.616. The van der Waals surface area contributed by atoms with E-state index < -0.39 is 6.10 Å². The number of rotatable bonds is 7. The van der Waals surface area contributed by atoms with Crippen LogP contribution in [0.5, 0.6) is 5.75 Å². The van der Waals surface area contributed by atoms with Gasteiger partial charge in [-0.05, 0) is 34.7 Å². The Hall–Kier alpha value is -1.80. The highest BCUT2D eigenvalue weighted by atomic mass is 35.5. The van der Waals surface area contributed by atoms with Crippen molar-refractivity contribution in [2.75, 3.05) is 12.4 Å². The molecule has 0 fully saturated rings. The lowest BCUT2D eigenvalue weighted by molar-refractivity contribution is 0.126. The second-order valence-corrected chi connectivity index (χ2v) is 6.84. The highest BCUT2D eigenvalue weighted by Gasteiger charge is 2.14. The highest BCUT2D eigenvalue weighted by molar-refractivity contribution is 7.99. The minimum atomic E-state index is -0.738. The molecule has 0 aliphatic carbocycles. The maximum Gasteiger partial charge on any atom is 0.214 e. The predicted molar refractivity (Wildman–Crippen MR) is 97.8 cm³/mol. The number of hydrogen-bond donors (Lipinski definition) is 1. The molecule has 0 saturated carbocycles. The van der Waals surface area contributed by atoms with Crippen LogP contribution in [0.15, 0.2) is 53.7 Å². The summed E-state index contributed by atoms with van der Waals surface area (Å²) in [6, 6.07) is 14.6. The average molecular weight is 397 g/mol. The number of nitrogens with zero attached hydrogens (tertiary/aromatic N) is 4. The Balaban J connectivity index is 1.57. The Morgan fingerprint density at radius 2 is 1.80 bits per heavy atom. The molecule has 0 aliphatic rings. The number of halogens is 2. The van der Waals surface area contributed by atoms with Crippen molar-refractivity contribution in [1.29, 1.82) is 0 Å². The van der Waals surface area contributed by atoms with Gasteiger partial charge in [0, 0.05) is 5.75 Å². The smallest absolute Gasteiger partial charge is 0.214 e. The van der Waals surface area contributed by atoms with Crippen LogP contribution in [0.4, 0.5) is 0 Å². The Labute approximate surface area is 158 Å². The number of aliphatic hydroxyl groups is 1. The summed E-state index contributed by atoms with van der Waals surface area (Å²) in [4.78, 5) is 0. The average Bonchev–Trinajstić information content (AvgIpc) is 3.09. The van der Waals surface area contributed by atoms with E-state index in [-0.39, 0.29) is 6.61 Å². The number of thioether (sulfide) groups is 1. The summed E-state index contributed by atoms with van der Waals surface area (Å²) >= 11 is 13.4. The molecule has 3 rings (SSSR count). The third-order valence-electron chi connectivity index (χ3n) is 3.19. The fourth-order valence-corrected chi connectivity index (χ4v) is 3.32. The lowest BCUT2D eigenvalue weighted by Gasteiger charge is -2.13. The molecule has 3 aromatic rings. The molecule has 0 amide bonds. The van der Waals surface area contributed by atoms with Crippen molar-refractivity contribution in [3.63, 3.8) is 0 Å². The normalized spacial score (nSPS) is 12.1. The predicted octanol–water partition coefficient (Wildman–Crippen LogP) is 3.50. The molecular weight excluding hydrogens is 383 g/mol. The van der Waals surface area contributed by atoms with Crippen LogP contribution in [0.1, 0.15) is 0 Å². The lowest BCUT2D eigenvalue weighted by Crippen LogP contribution is -2.20. The monoisotopic (exact) mass is 396 g/mol. The van der Waals surface area contributed by atoms with Crippen LogP contribution in [-0.2, 0) is 0 Å². The zero-order valence-electron chi connectivity index (χ0n) is 12.9. The minimum Gasteiger partial charge on any atom is -0.488 e. The first-order valence-corrected chi connectivity index (χ1v) is 9.11. The van der Waals surface area contributed by atoms with Crippen LogP contribution in [0.25, 0.3) is 5.69 Å². The zero-order chi connectivity index (χ0) is 17.6. The highest BCUT2D eigenvalue weighted by Crippen LogP contribution is 2.32. The van der Waals surface area contributed by atoms with Crippen LogP contribution in [0.2, 0.25) is 10.0 Å². The van der Waals surface area contributed by atoms with Crippen molar-refractivity contribution in [1.82, 2.24) is 20.2 Å². The minimum absolute atomic E-state index is 0.0589. The number of hydrogen-bond acceptors (Lipinski definition) is 6. The topological polar surface area (TPSA) is 73.1 Å². The number of aliphatic hydroxyl groups excluding tert-OH is 1. The molecule has 0 bridgehead atoms. The van der Waals surface area contributed by atoms with E-state index in [2.05, 4.69) is 15.5 Å². The van der Waals surface area contributed by atoms with Gasteiger partial charge in [-0.15, -0.1) is 5.10 Å². The number of aromatic nitrogens is 4. The summed E-state index contributed by atoms with van der Waals surface area (Å²) in [6.45, 7) is 0.0589. The third kappa shape index (κ3) is 4.64. The summed E-state index contributed by atoms with van der Waals surface area (Å²) in [6.07, 6.45) is -0.738. The van der Waals surface area contributed by atoms with Gasteiger partial charge in [0.05, 0.1) is 21.8 Å². The van der Waals surface area contributed by atoms with Gasteiger partial charge in [0.15, 0.2) is 5.75 Å². The first-order valence-electron chi connectivity index (χ1n) is 7.36. The van der Waals surface area contributed by atoms with E-state index in [9.17, 15) is 5.11 Å². The van der Waals surface area contributed by atoms with Crippen LogP contribution in [0.3, 0.4) is 0 Å². The van der Waals surface area contributed by atoms with Crippen molar-refractivity contribution in [3.8, 4) is 11.4 Å². The molecule has 0 spiro atoms. The molecule has 6 nitrogen and oxygen atoms in total. The van der Waals surface area contributed by atoms with Crippen molar-refractivity contribution >= 4 is 35.0 Å². The van der Waals surface area contributed by atoms with Crippen LogP contribution in [-0.4, -0.2) is 43.8 Å². The van der Waals surface area contributed by atoms with Crippen molar-refractivity contribution in [3.05, 3.63) is 58.6 Å². The van der Waals surface area contributed by atoms with E-state index in [0.717, 1.165) is 5.69 Å². The Morgan fingerprint density at radius 1 is 1.08 bits per heavy atom. The van der Waals surface area contributed by atoms with Gasteiger partial charge in [0.1, 0.15) is 6.61 Å². The number of ether oxygens (including phenoxy) is 1. The molecule has 0 unspecified atom stereocenters. The number of benzene rings is 2. The Kier molecular flexibility index (Phi) is 6.14. The fourth-order valence-electron chi connectivity index (χ4n) is 2.02. The van der Waals surface area contributed by atoms with Gasteiger partial charge in [-0.25, -0.2) is 0 Å². The van der Waals surface area contributed by atoms with Crippen LogP contribution >= 0.6 is 35.0 Å². The molecule has 25 heavy (non-hydrogen) atoms. The van der Waals surface area contributed by atoms with Gasteiger partial charge in [0.25, 0.3) is 0 Å². The van der Waals surface area contributed by atoms with Gasteiger partial charge in [-0.1, -0.05) is 59.2 Å². The first-order chi connectivity index (χ1) is 12.1. The molecule has 1 N–H and O–H groups in total. The fraction of sp³-hybridized carbons (Fsp3) is 0.188. The summed E-state index contributed by atoms with van der Waals surface area (Å²) < 4.78 is 7.14. The van der Waals surface area contributed by atoms with E-state index in [1.165, 1.54) is 11.8 Å². The second kappa shape index (κ2) is 8.53. The first kappa shape index (κ1) is 18.0. The maximum absolute atomic E-state index is 10.1. The largest absolute Gasteiger partial charge is 0.488 e. The number of tetrazole rings is 1. The molecule has 1 atom stereocenters. The van der Waals surface area contributed by atoms with Crippen molar-refractivity contribution in [2.24, 2.45) is 0 Å². The van der Waals surface area contributed by atoms with Gasteiger partial charge in [0.2, 0.25) is 5.16 Å². The van der Waals surface area contributed by atoms with Crippen molar-refractivity contribution < 1.29 is 9.84 Å². The maximum atomic E-state index is 10.1. The van der Waals surface area contributed by atoms with E-state index in [1.807, 2.05) is 30.3 Å². The molecule has 130 valence electrons. The lowest BCUT2D eigenvalue weighted by atomic mass is 10.3. The molecule has 1 heterocycles. The molecule has 0 aliphatic heterocycles. The van der Waals surface area contributed by atoms with E-state index >= 15 is 0 Å². The summed E-state index contributed by atoms with van der Waals surface area (Å²) in [5, 5.41) is 23.2. The van der Waals surface area contributed by atoms with E-state index in [0.29, 0.717) is 26.7 Å². The Bertz CT molecular complexity index is 812. The van der Waals surface area contributed by atoms with Crippen molar-refractivity contribution in [2.45, 2.75) is 11.3 Å².